The van der Waals surface area contributed by atoms with Crippen molar-refractivity contribution in [3.05, 3.63) is 72.3 Å². The second kappa shape index (κ2) is 11.6. The molecule has 12 heteroatoms. The Morgan fingerprint density at radius 2 is 1.46 bits per heavy atom. The highest BCUT2D eigenvalue weighted by molar-refractivity contribution is 7.92. The lowest BCUT2D eigenvalue weighted by Gasteiger charge is -2.30. The zero-order chi connectivity index (χ0) is 28.2. The van der Waals surface area contributed by atoms with Crippen molar-refractivity contribution in [2.45, 2.75) is 29.6 Å². The predicted octanol–water partition coefficient (Wildman–Crippen LogP) is 3.85. The molecule has 3 aromatic carbocycles. The summed E-state index contributed by atoms with van der Waals surface area (Å²) in [5.41, 5.74) is 1.58. The summed E-state index contributed by atoms with van der Waals surface area (Å²) in [6.07, 6.45) is 0.689. The normalized spacial score (nSPS) is 14.9. The number of carbonyl (C=O) groups excluding carboxylic acids is 1. The minimum Gasteiger partial charge on any atom is -0.497 e. The van der Waals surface area contributed by atoms with E-state index in [0.29, 0.717) is 24.3 Å². The van der Waals surface area contributed by atoms with Gasteiger partial charge in [-0.3, -0.25) is 9.52 Å². The minimum absolute atomic E-state index is 0.114. The second-order valence-corrected chi connectivity index (χ2v) is 12.8. The quantitative estimate of drug-likeness (QED) is 0.398. The van der Waals surface area contributed by atoms with Crippen LogP contribution in [0.1, 0.15) is 18.4 Å². The summed E-state index contributed by atoms with van der Waals surface area (Å²) in [7, 11) is -4.82. The Kier molecular flexibility index (Phi) is 8.48. The number of methoxy groups -OCH3 is 2. The van der Waals surface area contributed by atoms with Crippen molar-refractivity contribution in [3.63, 3.8) is 0 Å². The van der Waals surface area contributed by atoms with Crippen LogP contribution in [0.4, 0.5) is 11.4 Å². The molecule has 10 nitrogen and oxygen atoms in total. The molecule has 1 heterocycles. The molecule has 0 bridgehead atoms. The average Bonchev–Trinajstić information content (AvgIpc) is 2.93. The molecule has 1 saturated heterocycles. The molecule has 0 radical (unpaired) electrons. The van der Waals surface area contributed by atoms with Crippen LogP contribution in [0.5, 0.6) is 11.5 Å². The number of carbonyl (C=O) groups is 1. The Labute approximate surface area is 229 Å². The van der Waals surface area contributed by atoms with Crippen molar-refractivity contribution in [2.24, 2.45) is 5.92 Å². The van der Waals surface area contributed by atoms with Gasteiger partial charge in [-0.05, 0) is 74.4 Å². The SMILES string of the molecule is COc1ccc(NS(=O)(=O)c2cc(NC(=O)C3CCN(S(=O)(=O)c4ccc(C)cc4)CC3)ccc2OC)cc1. The second-order valence-electron chi connectivity index (χ2n) is 9.18. The number of ether oxygens (including phenoxy) is 2. The molecule has 39 heavy (non-hydrogen) atoms. The van der Waals surface area contributed by atoms with Crippen LogP contribution in [0.3, 0.4) is 0 Å². The topological polar surface area (TPSA) is 131 Å². The van der Waals surface area contributed by atoms with Crippen LogP contribution < -0.4 is 19.5 Å². The highest BCUT2D eigenvalue weighted by Crippen LogP contribution is 2.31. The number of sulfonamides is 2. The van der Waals surface area contributed by atoms with Gasteiger partial charge in [0, 0.05) is 30.4 Å². The largest absolute Gasteiger partial charge is 0.497 e. The van der Waals surface area contributed by atoms with E-state index in [9.17, 15) is 21.6 Å². The third-order valence-electron chi connectivity index (χ3n) is 6.55. The van der Waals surface area contributed by atoms with E-state index in [-0.39, 0.29) is 40.2 Å². The van der Waals surface area contributed by atoms with E-state index >= 15 is 0 Å². The van der Waals surface area contributed by atoms with Crippen molar-refractivity contribution in [1.29, 1.82) is 0 Å². The Bertz CT molecular complexity index is 1530. The summed E-state index contributed by atoms with van der Waals surface area (Å²) in [4.78, 5) is 13.1. The molecular formula is C27H31N3O7S2. The van der Waals surface area contributed by atoms with Gasteiger partial charge >= 0.3 is 0 Å². The average molecular weight is 574 g/mol. The molecule has 208 valence electrons. The Morgan fingerprint density at radius 1 is 0.846 bits per heavy atom. The summed E-state index contributed by atoms with van der Waals surface area (Å²) in [5.74, 6) is -0.0319. The lowest BCUT2D eigenvalue weighted by atomic mass is 9.97. The molecule has 0 unspecified atom stereocenters. The molecule has 0 spiro atoms. The number of rotatable bonds is 9. The smallest absolute Gasteiger partial charge is 0.265 e. The number of hydrogen-bond donors (Lipinski definition) is 2. The zero-order valence-corrected chi connectivity index (χ0v) is 23.5. The van der Waals surface area contributed by atoms with Gasteiger partial charge in [0.25, 0.3) is 10.0 Å². The van der Waals surface area contributed by atoms with E-state index in [2.05, 4.69) is 10.0 Å². The van der Waals surface area contributed by atoms with Gasteiger partial charge in [-0.2, -0.15) is 4.31 Å². The third-order valence-corrected chi connectivity index (χ3v) is 9.86. The van der Waals surface area contributed by atoms with Crippen molar-refractivity contribution in [2.75, 3.05) is 37.3 Å². The minimum atomic E-state index is -4.05. The number of hydrogen-bond acceptors (Lipinski definition) is 7. The molecule has 1 aliphatic rings. The Morgan fingerprint density at radius 3 is 2.05 bits per heavy atom. The van der Waals surface area contributed by atoms with Crippen LogP contribution in [0.25, 0.3) is 0 Å². The summed E-state index contributed by atoms with van der Waals surface area (Å²) in [5, 5.41) is 2.77. The Hall–Kier alpha value is -3.61. The van der Waals surface area contributed by atoms with Gasteiger partial charge in [0.2, 0.25) is 15.9 Å². The van der Waals surface area contributed by atoms with Crippen LogP contribution in [0, 0.1) is 12.8 Å². The van der Waals surface area contributed by atoms with Crippen molar-refractivity contribution < 1.29 is 31.1 Å². The fourth-order valence-electron chi connectivity index (χ4n) is 4.30. The van der Waals surface area contributed by atoms with E-state index in [1.165, 1.54) is 30.7 Å². The Balaban J connectivity index is 1.43. The van der Waals surface area contributed by atoms with E-state index < -0.39 is 26.0 Å². The van der Waals surface area contributed by atoms with Crippen LogP contribution in [0.15, 0.2) is 76.5 Å². The number of nitrogens with one attached hydrogen (secondary N) is 2. The molecule has 4 rings (SSSR count). The van der Waals surface area contributed by atoms with Gasteiger partial charge in [-0.1, -0.05) is 17.7 Å². The highest BCUT2D eigenvalue weighted by atomic mass is 32.2. The van der Waals surface area contributed by atoms with E-state index in [1.807, 2.05) is 6.92 Å². The lowest BCUT2D eigenvalue weighted by Crippen LogP contribution is -2.41. The van der Waals surface area contributed by atoms with Crippen LogP contribution >= 0.6 is 0 Å². The fourth-order valence-corrected chi connectivity index (χ4v) is 7.02. The standard InChI is InChI=1S/C27H31N3O7S2/c1-19-4-11-24(12-5-19)39(34,35)30-16-14-20(15-17-30)27(31)28-22-8-13-25(37-3)26(18-22)38(32,33)29-21-6-9-23(36-2)10-7-21/h4-13,18,20,29H,14-17H2,1-3H3,(H,28,31). The maximum Gasteiger partial charge on any atom is 0.265 e. The molecule has 1 amide bonds. The highest BCUT2D eigenvalue weighted by Gasteiger charge is 2.32. The summed E-state index contributed by atoms with van der Waals surface area (Å²) >= 11 is 0. The monoisotopic (exact) mass is 573 g/mol. The molecular weight excluding hydrogens is 542 g/mol. The third kappa shape index (κ3) is 6.52. The molecule has 0 saturated carbocycles. The summed E-state index contributed by atoms with van der Waals surface area (Å²) < 4.78 is 66.5. The molecule has 1 fully saturated rings. The molecule has 2 N–H and O–H groups in total. The number of nitrogens with zero attached hydrogens (tertiary/aromatic N) is 1. The van der Waals surface area contributed by atoms with Crippen LogP contribution in [-0.2, 0) is 24.8 Å². The van der Waals surface area contributed by atoms with E-state index in [0.717, 1.165) is 5.56 Å². The number of piperidine rings is 1. The van der Waals surface area contributed by atoms with Gasteiger partial charge in [0.15, 0.2) is 0 Å². The maximum atomic E-state index is 13.1. The summed E-state index contributed by atoms with van der Waals surface area (Å²) in [6, 6.07) is 17.4. The number of amides is 1. The first-order chi connectivity index (χ1) is 18.5. The fraction of sp³-hybridized carbons (Fsp3) is 0.296. The van der Waals surface area contributed by atoms with Gasteiger partial charge in [0.05, 0.1) is 19.1 Å². The molecule has 0 aliphatic carbocycles. The lowest BCUT2D eigenvalue weighted by molar-refractivity contribution is -0.120. The van der Waals surface area contributed by atoms with Crippen molar-refractivity contribution >= 4 is 37.3 Å². The van der Waals surface area contributed by atoms with Crippen LogP contribution in [-0.4, -0.2) is 54.4 Å². The number of anilines is 2. The molecule has 3 aromatic rings. The van der Waals surface area contributed by atoms with Crippen molar-refractivity contribution in [1.82, 2.24) is 4.31 Å². The molecule has 1 aliphatic heterocycles. The number of benzene rings is 3. The zero-order valence-electron chi connectivity index (χ0n) is 21.9. The molecule has 0 aromatic heterocycles. The van der Waals surface area contributed by atoms with Gasteiger partial charge < -0.3 is 14.8 Å². The summed E-state index contributed by atoms with van der Waals surface area (Å²) in [6.45, 7) is 2.31. The van der Waals surface area contributed by atoms with Gasteiger partial charge in [-0.15, -0.1) is 0 Å². The van der Waals surface area contributed by atoms with Gasteiger partial charge in [-0.25, -0.2) is 16.8 Å². The first-order valence-electron chi connectivity index (χ1n) is 12.3. The van der Waals surface area contributed by atoms with Crippen LogP contribution in [0.2, 0.25) is 0 Å². The predicted molar refractivity (Wildman–Crippen MR) is 148 cm³/mol. The first kappa shape index (κ1) is 28.4. The maximum absolute atomic E-state index is 13.1. The van der Waals surface area contributed by atoms with Crippen molar-refractivity contribution in [3.8, 4) is 11.5 Å². The van der Waals surface area contributed by atoms with E-state index in [1.54, 1.807) is 54.6 Å². The van der Waals surface area contributed by atoms with E-state index in [4.69, 9.17) is 9.47 Å². The first-order valence-corrected chi connectivity index (χ1v) is 15.2. The molecule has 0 atom stereocenters. The van der Waals surface area contributed by atoms with Gasteiger partial charge in [0.1, 0.15) is 16.4 Å². The number of aryl methyl sites for hydroxylation is 1.